The Balaban J connectivity index is 1.49. The first-order valence-electron chi connectivity index (χ1n) is 15.7. The van der Waals surface area contributed by atoms with Crippen LogP contribution in [0.3, 0.4) is 0 Å². The van der Waals surface area contributed by atoms with E-state index < -0.39 is 0 Å². The van der Waals surface area contributed by atoms with Crippen LogP contribution in [0, 0.1) is 20.8 Å². The second-order valence-electron chi connectivity index (χ2n) is 12.7. The number of nitrogens with zero attached hydrogens (tertiary/aromatic N) is 2. The maximum Gasteiger partial charge on any atom is 0.252 e. The number of benzene rings is 5. The Morgan fingerprint density at radius 2 is 1.21 bits per heavy atom. The van der Waals surface area contributed by atoms with Crippen molar-refractivity contribution in [2.45, 2.75) is 58.8 Å². The number of anilines is 6. The molecule has 0 N–H and O–H groups in total. The van der Waals surface area contributed by atoms with Crippen LogP contribution in [0.4, 0.5) is 34.1 Å². The quantitative estimate of drug-likeness (QED) is 0.205. The summed E-state index contributed by atoms with van der Waals surface area (Å²) in [5.41, 5.74) is 17.4. The molecule has 3 aliphatic rings. The maximum absolute atomic E-state index is 2.59. The topological polar surface area (TPSA) is 6.48 Å². The lowest BCUT2D eigenvalue weighted by molar-refractivity contribution is 0.444. The van der Waals surface area contributed by atoms with Gasteiger partial charge in [-0.25, -0.2) is 0 Å². The van der Waals surface area contributed by atoms with Crippen molar-refractivity contribution in [3.63, 3.8) is 0 Å². The van der Waals surface area contributed by atoms with E-state index in [1.807, 2.05) is 0 Å². The van der Waals surface area contributed by atoms with Crippen LogP contribution in [-0.2, 0) is 0 Å². The van der Waals surface area contributed by atoms with Gasteiger partial charge in [-0.1, -0.05) is 85.5 Å². The molecule has 206 valence electrons. The van der Waals surface area contributed by atoms with E-state index in [1.54, 1.807) is 0 Å². The lowest BCUT2D eigenvalue weighted by Crippen LogP contribution is -2.61. The molecular formula is C39H37BN2. The van der Waals surface area contributed by atoms with Gasteiger partial charge in [0.05, 0.1) is 0 Å². The summed E-state index contributed by atoms with van der Waals surface area (Å²) in [4.78, 5) is 5.13. The maximum atomic E-state index is 2.59. The molecule has 2 heterocycles. The van der Waals surface area contributed by atoms with Crippen LogP contribution in [-0.4, -0.2) is 6.71 Å². The fourth-order valence-corrected chi connectivity index (χ4v) is 7.84. The monoisotopic (exact) mass is 544 g/mol. The van der Waals surface area contributed by atoms with E-state index >= 15 is 0 Å². The second kappa shape index (κ2) is 9.95. The van der Waals surface area contributed by atoms with Gasteiger partial charge in [-0.2, -0.15) is 0 Å². The third-order valence-corrected chi connectivity index (χ3v) is 9.85. The van der Waals surface area contributed by atoms with Gasteiger partial charge in [-0.3, -0.25) is 0 Å². The largest absolute Gasteiger partial charge is 0.311 e. The van der Waals surface area contributed by atoms with Crippen molar-refractivity contribution >= 4 is 57.2 Å². The van der Waals surface area contributed by atoms with Crippen molar-refractivity contribution in [3.8, 4) is 0 Å². The van der Waals surface area contributed by atoms with E-state index in [4.69, 9.17) is 0 Å². The fourth-order valence-electron chi connectivity index (χ4n) is 7.84. The Hall–Kier alpha value is -4.24. The molecule has 0 atom stereocenters. The first-order chi connectivity index (χ1) is 20.6. The van der Waals surface area contributed by atoms with Crippen LogP contribution in [0.1, 0.15) is 60.3 Å². The van der Waals surface area contributed by atoms with Gasteiger partial charge in [-0.15, -0.1) is 0 Å². The van der Waals surface area contributed by atoms with Crippen molar-refractivity contribution in [1.82, 2.24) is 0 Å². The van der Waals surface area contributed by atoms with E-state index in [9.17, 15) is 0 Å². The molecule has 3 heteroatoms. The standard InChI is InChI=1S/C39H37BN2/c1-26-19-21-35-33(22-26)40-32-16-10-11-17-34(32)42(36-23-27(2)18-20-28(36)3)38-25-30(29-12-6-4-7-13-29)24-37(39(38)40)41(35)31-14-8-5-9-15-31/h5,8-11,14-25,29H,4,6-7,12-13H2,1-3H3. The minimum absolute atomic E-state index is 0.183. The van der Waals surface area contributed by atoms with E-state index in [-0.39, 0.29) is 6.71 Å². The molecule has 0 spiro atoms. The smallest absolute Gasteiger partial charge is 0.252 e. The summed E-state index contributed by atoms with van der Waals surface area (Å²) in [5, 5.41) is 0. The lowest BCUT2D eigenvalue weighted by Gasteiger charge is -2.45. The van der Waals surface area contributed by atoms with Crippen LogP contribution in [0.15, 0.2) is 103 Å². The Morgan fingerprint density at radius 1 is 0.548 bits per heavy atom. The second-order valence-corrected chi connectivity index (χ2v) is 12.7. The van der Waals surface area contributed by atoms with Crippen LogP contribution in [0.25, 0.3) is 0 Å². The molecule has 1 saturated carbocycles. The zero-order valence-electron chi connectivity index (χ0n) is 24.9. The average molecular weight is 545 g/mol. The molecule has 5 aromatic carbocycles. The third kappa shape index (κ3) is 3.94. The van der Waals surface area contributed by atoms with Crippen LogP contribution in [0.2, 0.25) is 0 Å². The number of rotatable bonds is 3. The van der Waals surface area contributed by atoms with Gasteiger partial charge in [0.25, 0.3) is 6.71 Å². The average Bonchev–Trinajstić information content (AvgIpc) is 3.03. The normalized spacial score (nSPS) is 15.7. The molecule has 2 nitrogen and oxygen atoms in total. The van der Waals surface area contributed by atoms with Crippen molar-refractivity contribution in [3.05, 3.63) is 125 Å². The minimum Gasteiger partial charge on any atom is -0.311 e. The van der Waals surface area contributed by atoms with Gasteiger partial charge in [0.15, 0.2) is 0 Å². The van der Waals surface area contributed by atoms with Gasteiger partial charge in [-0.05, 0) is 115 Å². The van der Waals surface area contributed by atoms with E-state index in [0.717, 1.165) is 0 Å². The van der Waals surface area contributed by atoms with Gasteiger partial charge < -0.3 is 9.80 Å². The molecule has 8 rings (SSSR count). The van der Waals surface area contributed by atoms with Crippen LogP contribution >= 0.6 is 0 Å². The fraction of sp³-hybridized carbons (Fsp3) is 0.231. The first kappa shape index (κ1) is 25.5. The van der Waals surface area contributed by atoms with Crippen LogP contribution in [0.5, 0.6) is 0 Å². The summed E-state index contributed by atoms with van der Waals surface area (Å²) in [6, 6.07) is 39.2. The molecule has 0 radical (unpaired) electrons. The third-order valence-electron chi connectivity index (χ3n) is 9.85. The number of hydrogen-bond acceptors (Lipinski definition) is 2. The summed E-state index contributed by atoms with van der Waals surface area (Å²) < 4.78 is 0. The molecule has 5 aromatic rings. The number of aryl methyl sites for hydroxylation is 3. The highest BCUT2D eigenvalue weighted by molar-refractivity contribution is 7.00. The minimum atomic E-state index is 0.183. The predicted molar refractivity (Wildman–Crippen MR) is 181 cm³/mol. The molecule has 42 heavy (non-hydrogen) atoms. The number of hydrogen-bond donors (Lipinski definition) is 0. The molecule has 0 unspecified atom stereocenters. The summed E-state index contributed by atoms with van der Waals surface area (Å²) in [5.74, 6) is 0.605. The molecule has 0 aromatic heterocycles. The number of para-hydroxylation sites is 2. The van der Waals surface area contributed by atoms with E-state index in [2.05, 4.69) is 134 Å². The molecule has 1 aliphatic carbocycles. The predicted octanol–water partition coefficient (Wildman–Crippen LogP) is 8.74. The highest BCUT2D eigenvalue weighted by Crippen LogP contribution is 2.47. The highest BCUT2D eigenvalue weighted by Gasteiger charge is 2.43. The SMILES string of the molecule is Cc1ccc2c(c1)B1c3ccccc3N(c3cc(C)ccc3C)c3cc(C4CCCCC4)cc(c31)N2c1ccccc1. The number of fused-ring (bicyclic) bond motifs is 4. The summed E-state index contributed by atoms with van der Waals surface area (Å²) in [6.45, 7) is 6.89. The lowest BCUT2D eigenvalue weighted by atomic mass is 9.33. The van der Waals surface area contributed by atoms with Gasteiger partial charge in [0.1, 0.15) is 0 Å². The molecule has 0 bridgehead atoms. The molecule has 2 aliphatic heterocycles. The summed E-state index contributed by atoms with van der Waals surface area (Å²) >= 11 is 0. The van der Waals surface area contributed by atoms with Crippen molar-refractivity contribution in [1.29, 1.82) is 0 Å². The Kier molecular flexibility index (Phi) is 6.03. The molecule has 0 saturated heterocycles. The van der Waals surface area contributed by atoms with Gasteiger partial charge in [0.2, 0.25) is 0 Å². The zero-order chi connectivity index (χ0) is 28.4. The highest BCUT2D eigenvalue weighted by atomic mass is 15.2. The van der Waals surface area contributed by atoms with Crippen LogP contribution < -0.4 is 26.2 Å². The van der Waals surface area contributed by atoms with Gasteiger partial charge >= 0.3 is 0 Å². The van der Waals surface area contributed by atoms with E-state index in [1.165, 1.54) is 105 Å². The molecular weight excluding hydrogens is 507 g/mol. The Morgan fingerprint density at radius 3 is 2.02 bits per heavy atom. The Labute approximate surface area is 250 Å². The van der Waals surface area contributed by atoms with Crippen molar-refractivity contribution in [2.24, 2.45) is 0 Å². The summed E-state index contributed by atoms with van der Waals surface area (Å²) in [6.07, 6.45) is 6.58. The molecule has 0 amide bonds. The zero-order valence-corrected chi connectivity index (χ0v) is 24.9. The molecule has 1 fully saturated rings. The first-order valence-corrected chi connectivity index (χ1v) is 15.7. The van der Waals surface area contributed by atoms with Gasteiger partial charge in [0, 0.05) is 34.1 Å². The summed E-state index contributed by atoms with van der Waals surface area (Å²) in [7, 11) is 0. The van der Waals surface area contributed by atoms with E-state index in [0.29, 0.717) is 5.92 Å². The Bertz CT molecular complexity index is 1820. The van der Waals surface area contributed by atoms with Crippen molar-refractivity contribution in [2.75, 3.05) is 9.80 Å². The van der Waals surface area contributed by atoms with Crippen molar-refractivity contribution < 1.29 is 0 Å².